The average molecular weight is 312 g/mol. The Labute approximate surface area is 120 Å². The third kappa shape index (κ3) is 3.27. The lowest BCUT2D eigenvalue weighted by Gasteiger charge is -2.10. The van der Waals surface area contributed by atoms with Crippen LogP contribution in [0.15, 0.2) is 35.7 Å². The molecule has 1 aromatic carbocycles. The number of hydrogen-bond donors (Lipinski definition) is 1. The number of carboxylic acids is 1. The highest BCUT2D eigenvalue weighted by Crippen LogP contribution is 2.22. The van der Waals surface area contributed by atoms with E-state index in [-0.39, 0.29) is 28.3 Å². The van der Waals surface area contributed by atoms with E-state index in [9.17, 15) is 17.6 Å². The molecule has 6 nitrogen and oxygen atoms in total. The molecule has 2 aromatic rings. The highest BCUT2D eigenvalue weighted by Gasteiger charge is 2.22. The maximum absolute atomic E-state index is 13.7. The van der Waals surface area contributed by atoms with Gasteiger partial charge in [0, 0.05) is 24.5 Å². The molecular weight excluding hydrogens is 299 g/mol. The Hall–Kier alpha value is -2.22. The summed E-state index contributed by atoms with van der Waals surface area (Å²) in [5, 5.41) is 8.90. The van der Waals surface area contributed by atoms with Gasteiger partial charge in [0.15, 0.2) is 9.84 Å². The van der Waals surface area contributed by atoms with Gasteiger partial charge < -0.3 is 9.67 Å². The van der Waals surface area contributed by atoms with E-state index in [2.05, 4.69) is 4.98 Å². The fourth-order valence-corrected chi connectivity index (χ4v) is 3.40. The molecule has 2 rings (SSSR count). The Morgan fingerprint density at radius 1 is 1.43 bits per heavy atom. The lowest BCUT2D eigenvalue weighted by atomic mass is 10.1. The first-order valence-electron chi connectivity index (χ1n) is 6.03. The molecule has 1 aromatic heterocycles. The maximum atomic E-state index is 13.7. The molecule has 0 amide bonds. The lowest BCUT2D eigenvalue weighted by Crippen LogP contribution is -2.15. The van der Waals surface area contributed by atoms with E-state index in [1.807, 2.05) is 0 Å². The molecule has 112 valence electrons. The molecule has 0 aliphatic heterocycles. The summed E-state index contributed by atoms with van der Waals surface area (Å²) in [5.74, 6) is -2.50. The Morgan fingerprint density at radius 2 is 2.14 bits per heavy atom. The van der Waals surface area contributed by atoms with Crippen molar-refractivity contribution in [3.63, 3.8) is 0 Å². The minimum atomic E-state index is -3.80. The van der Waals surface area contributed by atoms with Gasteiger partial charge in [0.05, 0.1) is 22.5 Å². The van der Waals surface area contributed by atoms with Gasteiger partial charge in [0.1, 0.15) is 5.82 Å². The summed E-state index contributed by atoms with van der Waals surface area (Å²) in [6.07, 6.45) is 4.59. The molecular formula is C13H13FN2O4S. The zero-order valence-electron chi connectivity index (χ0n) is 11.2. The van der Waals surface area contributed by atoms with Crippen molar-refractivity contribution in [1.82, 2.24) is 9.55 Å². The normalized spacial score (nSPS) is 11.5. The molecule has 0 unspecified atom stereocenters. The lowest BCUT2D eigenvalue weighted by molar-refractivity contribution is 0.0696. The molecule has 0 saturated carbocycles. The number of sulfone groups is 1. The molecule has 0 aliphatic rings. The van der Waals surface area contributed by atoms with Crippen molar-refractivity contribution >= 4 is 15.8 Å². The van der Waals surface area contributed by atoms with Crippen LogP contribution in [0.2, 0.25) is 0 Å². The first-order valence-corrected chi connectivity index (χ1v) is 7.68. The molecule has 0 saturated heterocycles. The number of aromatic nitrogens is 2. The zero-order chi connectivity index (χ0) is 15.6. The second kappa shape index (κ2) is 5.65. The third-order valence-electron chi connectivity index (χ3n) is 3.06. The Bertz CT molecular complexity index is 770. The van der Waals surface area contributed by atoms with Gasteiger partial charge in [-0.2, -0.15) is 0 Å². The number of rotatable bonds is 5. The SMILES string of the molecule is Cc1c(F)cc(C(=O)O)cc1S(=O)(=O)CCn1ccnc1. The van der Waals surface area contributed by atoms with Crippen LogP contribution in [0.4, 0.5) is 4.39 Å². The highest BCUT2D eigenvalue weighted by atomic mass is 32.2. The molecule has 0 aliphatic carbocycles. The van der Waals surface area contributed by atoms with Crippen LogP contribution in [0.3, 0.4) is 0 Å². The molecule has 0 radical (unpaired) electrons. The topological polar surface area (TPSA) is 89.3 Å². The van der Waals surface area contributed by atoms with E-state index in [1.54, 1.807) is 10.8 Å². The Balaban J connectivity index is 2.37. The van der Waals surface area contributed by atoms with Gasteiger partial charge in [-0.15, -0.1) is 0 Å². The number of halogens is 1. The maximum Gasteiger partial charge on any atom is 0.335 e. The van der Waals surface area contributed by atoms with Crippen molar-refractivity contribution in [3.05, 3.63) is 47.8 Å². The highest BCUT2D eigenvalue weighted by molar-refractivity contribution is 7.91. The van der Waals surface area contributed by atoms with E-state index < -0.39 is 21.6 Å². The second-order valence-electron chi connectivity index (χ2n) is 4.51. The predicted molar refractivity (Wildman–Crippen MR) is 72.4 cm³/mol. The molecule has 8 heteroatoms. The number of aromatic carboxylic acids is 1. The largest absolute Gasteiger partial charge is 0.478 e. The van der Waals surface area contributed by atoms with Gasteiger partial charge in [-0.25, -0.2) is 22.6 Å². The summed E-state index contributed by atoms with van der Waals surface area (Å²) in [5.41, 5.74) is -0.468. The summed E-state index contributed by atoms with van der Waals surface area (Å²) < 4.78 is 39.8. The Morgan fingerprint density at radius 3 is 2.71 bits per heavy atom. The zero-order valence-corrected chi connectivity index (χ0v) is 12.0. The number of nitrogens with zero attached hydrogens (tertiary/aromatic N) is 2. The fourth-order valence-electron chi connectivity index (χ4n) is 1.85. The molecule has 1 heterocycles. The van der Waals surface area contributed by atoms with Crippen molar-refractivity contribution < 1.29 is 22.7 Å². The van der Waals surface area contributed by atoms with Crippen molar-refractivity contribution in [3.8, 4) is 0 Å². The van der Waals surface area contributed by atoms with Gasteiger partial charge in [-0.05, 0) is 19.1 Å². The van der Waals surface area contributed by atoms with E-state index >= 15 is 0 Å². The van der Waals surface area contributed by atoms with Crippen molar-refractivity contribution in [1.29, 1.82) is 0 Å². The minimum absolute atomic E-state index is 0.0781. The summed E-state index contributed by atoms with van der Waals surface area (Å²) in [6.45, 7) is 1.46. The van der Waals surface area contributed by atoms with Gasteiger partial charge in [-0.3, -0.25) is 0 Å². The molecule has 0 spiro atoms. The third-order valence-corrected chi connectivity index (χ3v) is 4.87. The quantitative estimate of drug-likeness (QED) is 0.903. The summed E-state index contributed by atoms with van der Waals surface area (Å²) in [6, 6.07) is 1.80. The van der Waals surface area contributed by atoms with Gasteiger partial charge in [0.2, 0.25) is 0 Å². The van der Waals surface area contributed by atoms with Crippen LogP contribution in [-0.2, 0) is 16.4 Å². The predicted octanol–water partition coefficient (Wildman–Crippen LogP) is 1.50. The molecule has 0 bridgehead atoms. The summed E-state index contributed by atoms with van der Waals surface area (Å²) in [4.78, 5) is 14.4. The monoisotopic (exact) mass is 312 g/mol. The summed E-state index contributed by atoms with van der Waals surface area (Å²) >= 11 is 0. The molecule has 21 heavy (non-hydrogen) atoms. The van der Waals surface area contributed by atoms with Crippen LogP contribution in [0.1, 0.15) is 15.9 Å². The van der Waals surface area contributed by atoms with Gasteiger partial charge in [0.25, 0.3) is 0 Å². The second-order valence-corrected chi connectivity index (χ2v) is 6.58. The van der Waals surface area contributed by atoms with Crippen LogP contribution in [0.5, 0.6) is 0 Å². The number of carbonyl (C=O) groups is 1. The minimum Gasteiger partial charge on any atom is -0.478 e. The van der Waals surface area contributed by atoms with E-state index in [0.29, 0.717) is 0 Å². The average Bonchev–Trinajstić information content (AvgIpc) is 2.92. The van der Waals surface area contributed by atoms with Gasteiger partial charge >= 0.3 is 5.97 Å². The van der Waals surface area contributed by atoms with Crippen LogP contribution >= 0.6 is 0 Å². The standard InChI is InChI=1S/C13H13FN2O4S/c1-9-11(14)6-10(13(17)18)7-12(9)21(19,20)5-4-16-3-2-15-8-16/h2-3,6-8H,4-5H2,1H3,(H,17,18). The van der Waals surface area contributed by atoms with Crippen molar-refractivity contribution in [2.75, 3.05) is 5.75 Å². The van der Waals surface area contributed by atoms with Crippen molar-refractivity contribution in [2.24, 2.45) is 0 Å². The fraction of sp³-hybridized carbons (Fsp3) is 0.231. The Kier molecular flexibility index (Phi) is 4.08. The molecule has 1 N–H and O–H groups in total. The van der Waals surface area contributed by atoms with Crippen LogP contribution in [0.25, 0.3) is 0 Å². The van der Waals surface area contributed by atoms with E-state index in [1.165, 1.54) is 19.4 Å². The number of imidazole rings is 1. The van der Waals surface area contributed by atoms with E-state index in [0.717, 1.165) is 12.1 Å². The molecule has 0 fully saturated rings. The van der Waals surface area contributed by atoms with Gasteiger partial charge in [-0.1, -0.05) is 0 Å². The van der Waals surface area contributed by atoms with Crippen LogP contribution in [0, 0.1) is 12.7 Å². The first-order chi connectivity index (χ1) is 9.81. The smallest absolute Gasteiger partial charge is 0.335 e. The van der Waals surface area contributed by atoms with E-state index in [4.69, 9.17) is 5.11 Å². The summed E-state index contributed by atoms with van der Waals surface area (Å²) in [7, 11) is -3.80. The number of hydrogen-bond acceptors (Lipinski definition) is 4. The number of benzene rings is 1. The number of aryl methyl sites for hydroxylation is 1. The van der Waals surface area contributed by atoms with Crippen LogP contribution < -0.4 is 0 Å². The van der Waals surface area contributed by atoms with Crippen LogP contribution in [-0.4, -0.2) is 34.8 Å². The number of carboxylic acid groups (broad SMARTS) is 1. The van der Waals surface area contributed by atoms with Crippen molar-refractivity contribution in [2.45, 2.75) is 18.4 Å². The molecule has 0 atom stereocenters. The first kappa shape index (κ1) is 15.2.